The third kappa shape index (κ3) is 0.769. The standard InChI is InChI=1S/C12H18O/c1-8-9-4-2-6-12(9)7-3-5-10(13)11(8)12/h8-9,11H,2-7H2,1H3/t8-,9-,11-,12-/m1/s1. The van der Waals surface area contributed by atoms with Gasteiger partial charge in [0, 0.05) is 12.3 Å². The first-order valence-corrected chi connectivity index (χ1v) is 5.78. The maximum absolute atomic E-state index is 11.8. The molecule has 0 aromatic carbocycles. The number of hydrogen-bond donors (Lipinski definition) is 0. The van der Waals surface area contributed by atoms with Gasteiger partial charge in [0.05, 0.1) is 0 Å². The van der Waals surface area contributed by atoms with Crippen LogP contribution in [-0.4, -0.2) is 5.78 Å². The molecule has 1 spiro atoms. The van der Waals surface area contributed by atoms with E-state index in [2.05, 4.69) is 6.92 Å². The third-order valence-electron chi connectivity index (χ3n) is 5.09. The van der Waals surface area contributed by atoms with E-state index >= 15 is 0 Å². The molecule has 0 radical (unpaired) electrons. The molecule has 1 heteroatoms. The van der Waals surface area contributed by atoms with Crippen LogP contribution in [0.15, 0.2) is 0 Å². The first-order valence-electron chi connectivity index (χ1n) is 5.78. The molecule has 4 atom stereocenters. The molecular formula is C12H18O. The molecule has 3 aliphatic rings. The van der Waals surface area contributed by atoms with Crippen molar-refractivity contribution in [3.63, 3.8) is 0 Å². The summed E-state index contributed by atoms with van der Waals surface area (Å²) in [6.07, 6.45) is 7.57. The van der Waals surface area contributed by atoms with Crippen LogP contribution in [0.4, 0.5) is 0 Å². The van der Waals surface area contributed by atoms with Gasteiger partial charge in [-0.3, -0.25) is 4.79 Å². The van der Waals surface area contributed by atoms with Gasteiger partial charge >= 0.3 is 0 Å². The van der Waals surface area contributed by atoms with Crippen molar-refractivity contribution < 1.29 is 4.79 Å². The summed E-state index contributed by atoms with van der Waals surface area (Å²) < 4.78 is 0. The zero-order valence-electron chi connectivity index (χ0n) is 8.38. The van der Waals surface area contributed by atoms with E-state index in [1.807, 2.05) is 0 Å². The number of hydrogen-bond acceptors (Lipinski definition) is 1. The normalized spacial score (nSPS) is 53.9. The molecule has 0 saturated heterocycles. The van der Waals surface area contributed by atoms with Crippen molar-refractivity contribution in [2.24, 2.45) is 23.2 Å². The molecule has 0 heterocycles. The molecular weight excluding hydrogens is 160 g/mol. The van der Waals surface area contributed by atoms with E-state index in [1.165, 1.54) is 32.1 Å². The molecule has 3 rings (SSSR count). The Morgan fingerprint density at radius 2 is 2.08 bits per heavy atom. The van der Waals surface area contributed by atoms with Crippen molar-refractivity contribution in [2.45, 2.75) is 45.4 Å². The van der Waals surface area contributed by atoms with Gasteiger partial charge in [-0.15, -0.1) is 0 Å². The van der Waals surface area contributed by atoms with Gasteiger partial charge in [0.2, 0.25) is 0 Å². The minimum atomic E-state index is 0.480. The molecule has 0 amide bonds. The van der Waals surface area contributed by atoms with Crippen LogP contribution in [0, 0.1) is 23.2 Å². The van der Waals surface area contributed by atoms with E-state index in [-0.39, 0.29) is 0 Å². The molecule has 13 heavy (non-hydrogen) atoms. The third-order valence-corrected chi connectivity index (χ3v) is 5.09. The highest BCUT2D eigenvalue weighted by Crippen LogP contribution is 2.68. The molecule has 0 aromatic rings. The Bertz CT molecular complexity index is 258. The number of ketones is 1. The fraction of sp³-hybridized carbons (Fsp3) is 0.917. The number of Topliss-reactive ketones (excluding diaryl/α,β-unsaturated/α-hetero) is 1. The summed E-state index contributed by atoms with van der Waals surface area (Å²) >= 11 is 0. The lowest BCUT2D eigenvalue weighted by Gasteiger charge is -2.59. The molecule has 0 aliphatic heterocycles. The molecule has 72 valence electrons. The predicted octanol–water partition coefficient (Wildman–Crippen LogP) is 2.79. The van der Waals surface area contributed by atoms with Gasteiger partial charge in [0.1, 0.15) is 5.78 Å². The van der Waals surface area contributed by atoms with Crippen LogP contribution in [0.1, 0.15) is 45.4 Å². The lowest BCUT2D eigenvalue weighted by Crippen LogP contribution is -2.58. The van der Waals surface area contributed by atoms with Crippen LogP contribution in [0.2, 0.25) is 0 Å². The van der Waals surface area contributed by atoms with Crippen LogP contribution in [0.25, 0.3) is 0 Å². The zero-order valence-corrected chi connectivity index (χ0v) is 8.38. The Morgan fingerprint density at radius 1 is 1.31 bits per heavy atom. The first-order chi connectivity index (χ1) is 6.26. The summed E-state index contributed by atoms with van der Waals surface area (Å²) in [7, 11) is 0. The van der Waals surface area contributed by atoms with Crippen LogP contribution in [-0.2, 0) is 4.79 Å². The smallest absolute Gasteiger partial charge is 0.136 e. The average Bonchev–Trinajstić information content (AvgIpc) is 2.43. The second-order valence-electron chi connectivity index (χ2n) is 5.39. The van der Waals surface area contributed by atoms with Gasteiger partial charge in [-0.2, -0.15) is 0 Å². The van der Waals surface area contributed by atoms with Crippen molar-refractivity contribution in [3.05, 3.63) is 0 Å². The Hall–Kier alpha value is -0.330. The maximum Gasteiger partial charge on any atom is 0.136 e. The van der Waals surface area contributed by atoms with E-state index < -0.39 is 0 Å². The van der Waals surface area contributed by atoms with Crippen LogP contribution in [0.3, 0.4) is 0 Å². The Balaban J connectivity index is 1.96. The monoisotopic (exact) mass is 178 g/mol. The molecule has 3 fully saturated rings. The second kappa shape index (κ2) is 2.37. The van der Waals surface area contributed by atoms with E-state index in [0.717, 1.165) is 18.3 Å². The van der Waals surface area contributed by atoms with Gasteiger partial charge in [-0.25, -0.2) is 0 Å². The summed E-state index contributed by atoms with van der Waals surface area (Å²) in [5, 5.41) is 0. The lowest BCUT2D eigenvalue weighted by atomic mass is 9.44. The molecule has 0 unspecified atom stereocenters. The summed E-state index contributed by atoms with van der Waals surface area (Å²) in [5.41, 5.74) is 0.523. The number of carbonyl (C=O) groups is 1. The molecule has 0 N–H and O–H groups in total. The minimum absolute atomic E-state index is 0.480. The Kier molecular flexibility index (Phi) is 1.46. The molecule has 1 nitrogen and oxygen atoms in total. The summed E-state index contributed by atoms with van der Waals surface area (Å²) in [5.74, 6) is 2.71. The fourth-order valence-electron chi connectivity index (χ4n) is 4.76. The highest BCUT2D eigenvalue weighted by molar-refractivity contribution is 5.84. The van der Waals surface area contributed by atoms with Crippen molar-refractivity contribution in [1.82, 2.24) is 0 Å². The number of rotatable bonds is 0. The van der Waals surface area contributed by atoms with Crippen LogP contribution >= 0.6 is 0 Å². The number of carbonyl (C=O) groups excluding carboxylic acids is 1. The van der Waals surface area contributed by atoms with Gasteiger partial charge in [-0.05, 0) is 42.9 Å². The molecule has 3 saturated carbocycles. The maximum atomic E-state index is 11.8. The molecule has 3 aliphatic carbocycles. The van der Waals surface area contributed by atoms with Gasteiger partial charge in [0.15, 0.2) is 0 Å². The molecule has 0 aromatic heterocycles. The minimum Gasteiger partial charge on any atom is -0.299 e. The average molecular weight is 178 g/mol. The van der Waals surface area contributed by atoms with Gasteiger partial charge in [-0.1, -0.05) is 13.3 Å². The van der Waals surface area contributed by atoms with E-state index in [4.69, 9.17) is 0 Å². The summed E-state index contributed by atoms with van der Waals surface area (Å²) in [4.78, 5) is 11.8. The summed E-state index contributed by atoms with van der Waals surface area (Å²) in [6, 6.07) is 0. The van der Waals surface area contributed by atoms with E-state index in [0.29, 0.717) is 17.1 Å². The topological polar surface area (TPSA) is 17.1 Å². The summed E-state index contributed by atoms with van der Waals surface area (Å²) in [6.45, 7) is 2.31. The SMILES string of the molecule is C[C@@H]1[C@H]2CCC[C@@]23CCCC(=O)[C@@H]13. The van der Waals surface area contributed by atoms with Crippen LogP contribution in [0.5, 0.6) is 0 Å². The fourth-order valence-corrected chi connectivity index (χ4v) is 4.76. The van der Waals surface area contributed by atoms with Gasteiger partial charge < -0.3 is 0 Å². The Labute approximate surface area is 79.9 Å². The predicted molar refractivity (Wildman–Crippen MR) is 51.3 cm³/mol. The van der Waals surface area contributed by atoms with Crippen molar-refractivity contribution >= 4 is 5.78 Å². The first kappa shape index (κ1) is 8.02. The van der Waals surface area contributed by atoms with Gasteiger partial charge in [0.25, 0.3) is 0 Å². The van der Waals surface area contributed by atoms with Crippen molar-refractivity contribution in [1.29, 1.82) is 0 Å². The highest BCUT2D eigenvalue weighted by Gasteiger charge is 2.64. The lowest BCUT2D eigenvalue weighted by molar-refractivity contribution is -0.160. The van der Waals surface area contributed by atoms with Crippen molar-refractivity contribution in [3.8, 4) is 0 Å². The van der Waals surface area contributed by atoms with E-state index in [1.54, 1.807) is 0 Å². The zero-order chi connectivity index (χ0) is 9.05. The largest absolute Gasteiger partial charge is 0.299 e. The van der Waals surface area contributed by atoms with E-state index in [9.17, 15) is 4.79 Å². The Morgan fingerprint density at radius 3 is 2.92 bits per heavy atom. The molecule has 0 bridgehead atoms. The van der Waals surface area contributed by atoms with Crippen LogP contribution < -0.4 is 0 Å². The quantitative estimate of drug-likeness (QED) is 0.557. The van der Waals surface area contributed by atoms with Crippen molar-refractivity contribution in [2.75, 3.05) is 0 Å². The highest BCUT2D eigenvalue weighted by atomic mass is 16.1. The second-order valence-corrected chi connectivity index (χ2v) is 5.39.